The molecule has 45 heavy (non-hydrogen) atoms. The van der Waals surface area contributed by atoms with Gasteiger partial charge in [0.15, 0.2) is 11.9 Å². The van der Waals surface area contributed by atoms with Crippen LogP contribution in [0.5, 0.6) is 0 Å². The number of aromatic nitrogens is 2. The van der Waals surface area contributed by atoms with Gasteiger partial charge < -0.3 is 34.7 Å². The molecular weight excluding hydrogens is 578 g/mol. The summed E-state index contributed by atoms with van der Waals surface area (Å²) in [5, 5.41) is 7.95. The lowest BCUT2D eigenvalue weighted by Gasteiger charge is -2.29. The van der Waals surface area contributed by atoms with E-state index >= 15 is 0 Å². The molecule has 0 saturated carbocycles. The van der Waals surface area contributed by atoms with Crippen molar-refractivity contribution in [3.05, 3.63) is 83.8 Å². The van der Waals surface area contributed by atoms with Gasteiger partial charge in [0, 0.05) is 6.20 Å². The summed E-state index contributed by atoms with van der Waals surface area (Å²) >= 11 is 0. The van der Waals surface area contributed by atoms with Crippen molar-refractivity contribution in [1.82, 2.24) is 20.2 Å². The Morgan fingerprint density at radius 1 is 0.933 bits per heavy atom. The van der Waals surface area contributed by atoms with Crippen molar-refractivity contribution in [3.8, 4) is 0 Å². The van der Waals surface area contributed by atoms with Gasteiger partial charge in [-0.1, -0.05) is 60.7 Å². The molecule has 1 aromatic heterocycles. The van der Waals surface area contributed by atoms with Crippen molar-refractivity contribution >= 4 is 29.7 Å². The number of imidazole rings is 1. The number of rotatable bonds is 13. The number of nitrogens with zero attached hydrogens (tertiary/aromatic N) is 2. The van der Waals surface area contributed by atoms with E-state index in [4.69, 9.17) is 14.2 Å². The van der Waals surface area contributed by atoms with E-state index in [2.05, 4.69) is 20.9 Å². The van der Waals surface area contributed by atoms with Crippen molar-refractivity contribution in [2.75, 3.05) is 18.5 Å². The van der Waals surface area contributed by atoms with Crippen LogP contribution in [0.2, 0.25) is 0 Å². The molecule has 2 atom stereocenters. The average molecular weight is 622 g/mol. The first-order valence-electron chi connectivity index (χ1n) is 14.7. The number of alkyl carbamates (subject to hydrolysis) is 1. The number of aryl methyl sites for hydroxylation is 1. The van der Waals surface area contributed by atoms with Gasteiger partial charge in [0.05, 0.1) is 19.8 Å². The molecule has 3 amide bonds. The number of carbonyl (C=O) groups is 4. The van der Waals surface area contributed by atoms with E-state index in [9.17, 15) is 19.2 Å². The van der Waals surface area contributed by atoms with Crippen molar-refractivity contribution in [3.63, 3.8) is 0 Å². The van der Waals surface area contributed by atoms with E-state index in [-0.39, 0.29) is 25.6 Å². The maximum atomic E-state index is 13.6. The summed E-state index contributed by atoms with van der Waals surface area (Å²) < 4.78 is 18.0. The molecule has 12 heteroatoms. The first-order valence-corrected chi connectivity index (χ1v) is 14.7. The van der Waals surface area contributed by atoms with Crippen LogP contribution in [-0.2, 0) is 35.2 Å². The summed E-state index contributed by atoms with van der Waals surface area (Å²) in [6.45, 7) is 11.8. The minimum atomic E-state index is -1.43. The molecule has 0 saturated heterocycles. The molecule has 3 aromatic rings. The second-order valence-electron chi connectivity index (χ2n) is 11.9. The number of esters is 1. The molecule has 0 aliphatic carbocycles. The number of anilines is 1. The fourth-order valence-corrected chi connectivity index (χ4v) is 4.29. The maximum Gasteiger partial charge on any atom is 0.408 e. The average Bonchev–Trinajstić information content (AvgIpc) is 3.31. The highest BCUT2D eigenvalue weighted by atomic mass is 16.6. The number of carbonyl (C=O) groups excluding carboxylic acids is 4. The van der Waals surface area contributed by atoms with Gasteiger partial charge in [0.25, 0.3) is 5.91 Å². The summed E-state index contributed by atoms with van der Waals surface area (Å²) in [5.41, 5.74) is -0.622. The van der Waals surface area contributed by atoms with E-state index in [1.165, 1.54) is 13.8 Å². The van der Waals surface area contributed by atoms with Crippen LogP contribution in [0.4, 0.5) is 10.6 Å². The normalized spacial score (nSPS) is 12.9. The number of benzene rings is 2. The zero-order valence-electron chi connectivity index (χ0n) is 26.9. The number of amides is 3. The molecule has 1 heterocycles. The van der Waals surface area contributed by atoms with Gasteiger partial charge in [-0.3, -0.25) is 9.59 Å². The molecule has 0 aliphatic heterocycles. The number of ether oxygens (including phenoxy) is 3. The molecule has 12 nitrogen and oxygen atoms in total. The van der Waals surface area contributed by atoms with Crippen molar-refractivity contribution in [2.24, 2.45) is 0 Å². The Morgan fingerprint density at radius 3 is 2.16 bits per heavy atom. The maximum absolute atomic E-state index is 13.6. The zero-order chi connectivity index (χ0) is 33.2. The molecular formula is C33H43N5O7. The van der Waals surface area contributed by atoms with E-state index in [1.807, 2.05) is 60.7 Å². The molecule has 2 aromatic carbocycles. The third-order valence-electron chi connectivity index (χ3n) is 6.47. The van der Waals surface area contributed by atoms with E-state index in [0.29, 0.717) is 11.4 Å². The quantitative estimate of drug-likeness (QED) is 0.239. The SMILES string of the molecule is CCOC(=O)C(c1ccccc1)n1cc(NC(=O)[C@@H](COCc2ccccc2)NC(=O)C(C)(C)NC(=O)OC(C)(C)C)nc1C. The van der Waals surface area contributed by atoms with E-state index < -0.39 is 47.1 Å². The number of hydrogen-bond acceptors (Lipinski definition) is 8. The van der Waals surface area contributed by atoms with Gasteiger partial charge in [0.2, 0.25) is 5.91 Å². The van der Waals surface area contributed by atoms with Crippen molar-refractivity contribution in [1.29, 1.82) is 0 Å². The molecule has 3 rings (SSSR count). The molecule has 3 N–H and O–H groups in total. The molecule has 0 aliphatic rings. The minimum Gasteiger partial charge on any atom is -0.464 e. The smallest absolute Gasteiger partial charge is 0.408 e. The first-order chi connectivity index (χ1) is 21.2. The summed E-state index contributed by atoms with van der Waals surface area (Å²) in [6, 6.07) is 16.5. The first kappa shape index (κ1) is 34.8. The van der Waals surface area contributed by atoms with Gasteiger partial charge in [-0.15, -0.1) is 0 Å². The standard InChI is InChI=1S/C33H43N5O7/c1-8-44-29(40)27(24-17-13-10-14-18-24)38-19-26(34-22(38)2)36-28(39)25(21-43-20-23-15-11-9-12-16-23)35-30(41)33(6,7)37-31(42)45-32(3,4)5/h9-19,25,27H,8,20-21H2,1-7H3,(H,35,41)(H,36,39)(H,37,42)/t25-,27?/m1/s1. The van der Waals surface area contributed by atoms with Crippen LogP contribution in [0.1, 0.15) is 64.5 Å². The van der Waals surface area contributed by atoms with Crippen LogP contribution in [-0.4, -0.2) is 63.8 Å². The molecule has 242 valence electrons. The molecule has 0 radical (unpaired) electrons. The summed E-state index contributed by atoms with van der Waals surface area (Å²) in [4.78, 5) is 56.7. The topological polar surface area (TPSA) is 150 Å². The van der Waals surface area contributed by atoms with Crippen LogP contribution >= 0.6 is 0 Å². The monoisotopic (exact) mass is 621 g/mol. The highest BCUT2D eigenvalue weighted by Gasteiger charge is 2.35. The fraction of sp³-hybridized carbons (Fsp3) is 0.424. The van der Waals surface area contributed by atoms with Gasteiger partial charge in [-0.2, -0.15) is 0 Å². The third kappa shape index (κ3) is 10.5. The highest BCUT2D eigenvalue weighted by Crippen LogP contribution is 2.24. The van der Waals surface area contributed by atoms with Crippen molar-refractivity contribution < 1.29 is 33.4 Å². The lowest BCUT2D eigenvalue weighted by atomic mass is 10.0. The van der Waals surface area contributed by atoms with Gasteiger partial charge in [-0.05, 0) is 59.6 Å². The van der Waals surface area contributed by atoms with Crippen molar-refractivity contribution in [2.45, 2.75) is 78.3 Å². The summed E-state index contributed by atoms with van der Waals surface area (Å²) in [5.74, 6) is -1.10. The molecule has 0 spiro atoms. The van der Waals surface area contributed by atoms with Gasteiger partial charge in [-0.25, -0.2) is 14.6 Å². The molecule has 1 unspecified atom stereocenters. The van der Waals surface area contributed by atoms with Crippen LogP contribution in [0.3, 0.4) is 0 Å². The van der Waals surface area contributed by atoms with E-state index in [0.717, 1.165) is 5.56 Å². The number of hydrogen-bond donors (Lipinski definition) is 3. The minimum absolute atomic E-state index is 0.163. The van der Waals surface area contributed by atoms with Crippen LogP contribution < -0.4 is 16.0 Å². The molecule has 0 bridgehead atoms. The molecule has 0 fully saturated rings. The second-order valence-corrected chi connectivity index (χ2v) is 11.9. The second kappa shape index (κ2) is 15.3. The lowest BCUT2D eigenvalue weighted by molar-refractivity contribution is -0.145. The van der Waals surface area contributed by atoms with Crippen LogP contribution in [0, 0.1) is 6.92 Å². The van der Waals surface area contributed by atoms with E-state index in [1.54, 1.807) is 45.4 Å². The third-order valence-corrected chi connectivity index (χ3v) is 6.47. The Balaban J connectivity index is 1.81. The van der Waals surface area contributed by atoms with Crippen LogP contribution in [0.25, 0.3) is 0 Å². The lowest BCUT2D eigenvalue weighted by Crippen LogP contribution is -2.59. The Bertz CT molecular complexity index is 1450. The van der Waals surface area contributed by atoms with Crippen LogP contribution in [0.15, 0.2) is 66.9 Å². The van der Waals surface area contributed by atoms with Gasteiger partial charge >= 0.3 is 12.1 Å². The predicted octanol–water partition coefficient (Wildman–Crippen LogP) is 4.29. The largest absolute Gasteiger partial charge is 0.464 e. The number of nitrogens with one attached hydrogen (secondary N) is 3. The summed E-state index contributed by atoms with van der Waals surface area (Å²) in [6.07, 6.45) is 0.763. The summed E-state index contributed by atoms with van der Waals surface area (Å²) in [7, 11) is 0. The highest BCUT2D eigenvalue weighted by molar-refractivity contribution is 5.98. The fourth-order valence-electron chi connectivity index (χ4n) is 4.29. The Hall–Kier alpha value is -4.71. The van der Waals surface area contributed by atoms with Gasteiger partial charge in [0.1, 0.15) is 23.0 Å². The Morgan fingerprint density at radius 2 is 1.56 bits per heavy atom. The Labute approximate surface area is 263 Å². The predicted molar refractivity (Wildman–Crippen MR) is 168 cm³/mol. The Kier molecular flexibility index (Phi) is 11.9. The zero-order valence-corrected chi connectivity index (χ0v) is 26.9.